The van der Waals surface area contributed by atoms with Crippen molar-refractivity contribution in [3.8, 4) is 0 Å². The molecule has 2 aromatic heterocycles. The van der Waals surface area contributed by atoms with Crippen LogP contribution in [0.5, 0.6) is 0 Å². The van der Waals surface area contributed by atoms with Crippen molar-refractivity contribution in [2.45, 2.75) is 51.7 Å². The fourth-order valence-electron chi connectivity index (χ4n) is 5.21. The summed E-state index contributed by atoms with van der Waals surface area (Å²) < 4.78 is 12.4. The maximum absolute atomic E-state index is 13.0. The second-order valence-electron chi connectivity index (χ2n) is 10.6. The lowest BCUT2D eigenvalue weighted by Gasteiger charge is -2.46. The number of esters is 1. The van der Waals surface area contributed by atoms with Crippen LogP contribution in [-0.4, -0.2) is 58.2 Å². The summed E-state index contributed by atoms with van der Waals surface area (Å²) >= 11 is 1.08. The molecule has 36 heavy (non-hydrogen) atoms. The Balaban J connectivity index is 1.33. The zero-order chi connectivity index (χ0) is 25.7. The van der Waals surface area contributed by atoms with Gasteiger partial charge < -0.3 is 18.9 Å². The lowest BCUT2D eigenvalue weighted by atomic mass is 9.65. The number of carbonyl (C=O) groups excluding carboxylic acids is 3. The van der Waals surface area contributed by atoms with E-state index in [9.17, 15) is 14.4 Å². The molecule has 1 saturated carbocycles. The third-order valence-electron chi connectivity index (χ3n) is 6.83. The summed E-state index contributed by atoms with van der Waals surface area (Å²) in [6.07, 6.45) is 2.45. The number of methoxy groups -OCH3 is 1. The summed E-state index contributed by atoms with van der Waals surface area (Å²) in [5, 5.41) is 2.95. The molecule has 190 valence electrons. The number of rotatable bonds is 4. The Hall–Kier alpha value is -3.40. The van der Waals surface area contributed by atoms with Crippen molar-refractivity contribution < 1.29 is 23.9 Å². The van der Waals surface area contributed by atoms with E-state index in [1.54, 1.807) is 12.1 Å². The van der Waals surface area contributed by atoms with Gasteiger partial charge in [0.25, 0.3) is 5.91 Å². The van der Waals surface area contributed by atoms with Crippen LogP contribution in [0.25, 0.3) is 11.0 Å². The molecule has 0 bridgehead atoms. The fraction of sp³-hybridized carbons (Fsp3) is 0.462. The fourth-order valence-corrected chi connectivity index (χ4v) is 6.03. The molecule has 5 rings (SSSR count). The average Bonchev–Trinajstić information content (AvgIpc) is 3.53. The van der Waals surface area contributed by atoms with Crippen molar-refractivity contribution in [3.63, 3.8) is 0 Å². The lowest BCUT2D eigenvalue weighted by Crippen LogP contribution is -2.43. The lowest BCUT2D eigenvalue weighted by molar-refractivity contribution is 0.0199. The number of hydrogen-bond donors (Lipinski definition) is 1. The maximum atomic E-state index is 13.0. The average molecular weight is 511 g/mol. The predicted molar refractivity (Wildman–Crippen MR) is 136 cm³/mol. The molecule has 10 heteroatoms. The summed E-state index contributed by atoms with van der Waals surface area (Å²) in [7, 11) is 1.31. The normalized spacial score (nSPS) is 21.4. The van der Waals surface area contributed by atoms with Gasteiger partial charge in [-0.25, -0.2) is 14.6 Å². The second kappa shape index (κ2) is 8.92. The Morgan fingerprint density at radius 3 is 2.56 bits per heavy atom. The summed E-state index contributed by atoms with van der Waals surface area (Å²) in [4.78, 5) is 44.6. The van der Waals surface area contributed by atoms with Gasteiger partial charge in [0.05, 0.1) is 23.0 Å². The molecule has 1 aliphatic carbocycles. The van der Waals surface area contributed by atoms with Gasteiger partial charge in [0.15, 0.2) is 0 Å². The first-order valence-electron chi connectivity index (χ1n) is 12.0. The molecule has 1 aromatic carbocycles. The minimum atomic E-state index is -0.516. The van der Waals surface area contributed by atoms with Gasteiger partial charge in [-0.05, 0) is 69.7 Å². The first kappa shape index (κ1) is 24.3. The number of aromatic nitrogens is 2. The van der Waals surface area contributed by atoms with Gasteiger partial charge in [-0.1, -0.05) is 12.1 Å². The van der Waals surface area contributed by atoms with E-state index in [0.717, 1.165) is 41.6 Å². The Kier molecular flexibility index (Phi) is 6.02. The third kappa shape index (κ3) is 4.57. The van der Waals surface area contributed by atoms with Gasteiger partial charge in [-0.2, -0.15) is 0 Å². The van der Waals surface area contributed by atoms with E-state index in [2.05, 4.69) is 9.88 Å². The molecule has 9 nitrogen and oxygen atoms in total. The van der Waals surface area contributed by atoms with E-state index in [1.807, 2.05) is 49.9 Å². The zero-order valence-corrected chi connectivity index (χ0v) is 21.7. The van der Waals surface area contributed by atoms with Crippen LogP contribution in [0, 0.1) is 5.41 Å². The van der Waals surface area contributed by atoms with Crippen LogP contribution in [0.2, 0.25) is 0 Å². The third-order valence-corrected chi connectivity index (χ3v) is 7.89. The largest absolute Gasteiger partial charge is 0.465 e. The first-order chi connectivity index (χ1) is 17.1. The minimum absolute atomic E-state index is 0.0530. The highest BCUT2D eigenvalue weighted by molar-refractivity contribution is 7.16. The molecule has 2 fully saturated rings. The van der Waals surface area contributed by atoms with Gasteiger partial charge in [-0.15, -0.1) is 11.3 Å². The number of fused-ring (bicyclic) bond motifs is 1. The quantitative estimate of drug-likeness (QED) is 0.490. The van der Waals surface area contributed by atoms with Crippen molar-refractivity contribution >= 4 is 46.3 Å². The van der Waals surface area contributed by atoms with Gasteiger partial charge in [0.1, 0.15) is 10.5 Å². The summed E-state index contributed by atoms with van der Waals surface area (Å²) in [6.45, 7) is 7.00. The summed E-state index contributed by atoms with van der Waals surface area (Å²) in [5.74, 6) is -0.308. The van der Waals surface area contributed by atoms with Crippen LogP contribution >= 0.6 is 11.3 Å². The molecule has 3 aromatic rings. The number of nitrogens with zero attached hydrogens (tertiary/aromatic N) is 3. The van der Waals surface area contributed by atoms with Crippen molar-refractivity contribution in [1.82, 2.24) is 14.5 Å². The number of benzene rings is 1. The molecule has 1 spiro atoms. The van der Waals surface area contributed by atoms with Gasteiger partial charge in [0, 0.05) is 19.1 Å². The highest BCUT2D eigenvalue weighted by Crippen LogP contribution is 2.55. The van der Waals surface area contributed by atoms with Crippen LogP contribution < -0.4 is 5.32 Å². The van der Waals surface area contributed by atoms with Crippen molar-refractivity contribution in [1.29, 1.82) is 0 Å². The molecule has 0 unspecified atom stereocenters. The van der Waals surface area contributed by atoms with Crippen molar-refractivity contribution in [2.75, 3.05) is 25.5 Å². The number of carbonyl (C=O) groups is 3. The van der Waals surface area contributed by atoms with Crippen LogP contribution in [0.15, 0.2) is 36.4 Å². The molecule has 1 saturated heterocycles. The van der Waals surface area contributed by atoms with Crippen molar-refractivity contribution in [2.24, 2.45) is 5.41 Å². The van der Waals surface area contributed by atoms with Crippen LogP contribution in [0.3, 0.4) is 0 Å². The van der Waals surface area contributed by atoms with Gasteiger partial charge >= 0.3 is 12.1 Å². The highest BCUT2D eigenvalue weighted by Gasteiger charge is 2.51. The van der Waals surface area contributed by atoms with Gasteiger partial charge in [0.2, 0.25) is 5.95 Å². The number of thiophene rings is 1. The Morgan fingerprint density at radius 1 is 1.11 bits per heavy atom. The molecule has 0 atom stereocenters. The number of amides is 2. The zero-order valence-electron chi connectivity index (χ0n) is 20.9. The monoisotopic (exact) mass is 510 g/mol. The van der Waals surface area contributed by atoms with E-state index >= 15 is 0 Å². The standard InChI is InChI=1S/C26H30N4O5S/c1-25(2,3)35-24(33)29-12-11-26(15-29)13-16(14-26)30-18-8-6-5-7-17(18)27-23(30)28-21(31)19-9-10-20(36-19)22(32)34-4/h5-10,16H,11-15H2,1-4H3,(H,27,28,31)/t16-,26-. The first-order valence-corrected chi connectivity index (χ1v) is 12.8. The molecule has 2 aliphatic rings. The summed E-state index contributed by atoms with van der Waals surface area (Å²) in [6, 6.07) is 11.2. The second-order valence-corrected chi connectivity index (χ2v) is 11.7. The predicted octanol–water partition coefficient (Wildman–Crippen LogP) is 5.10. The van der Waals surface area contributed by atoms with Crippen LogP contribution in [0.1, 0.15) is 65.4 Å². The molecular weight excluding hydrogens is 480 g/mol. The molecular formula is C26H30N4O5S. The Morgan fingerprint density at radius 2 is 1.83 bits per heavy atom. The number of likely N-dealkylation sites (tertiary alicyclic amines) is 1. The topological polar surface area (TPSA) is 103 Å². The van der Waals surface area contributed by atoms with Crippen molar-refractivity contribution in [3.05, 3.63) is 46.2 Å². The van der Waals surface area contributed by atoms with Crippen LogP contribution in [0.4, 0.5) is 10.7 Å². The number of hydrogen-bond acceptors (Lipinski definition) is 7. The SMILES string of the molecule is COC(=O)c1ccc(C(=O)Nc2nc3ccccc3n2[C@H]2C[C@@]3(CCN(C(=O)OC(C)(C)C)C3)C2)s1. The van der Waals surface area contributed by atoms with E-state index in [4.69, 9.17) is 14.5 Å². The minimum Gasteiger partial charge on any atom is -0.465 e. The molecule has 2 amide bonds. The van der Waals surface area contributed by atoms with E-state index in [0.29, 0.717) is 28.8 Å². The summed E-state index contributed by atoms with van der Waals surface area (Å²) in [5.41, 5.74) is 1.29. The molecule has 3 heterocycles. The molecule has 0 radical (unpaired) electrons. The van der Waals surface area contributed by atoms with E-state index < -0.39 is 11.6 Å². The number of para-hydroxylation sites is 2. The Bertz CT molecular complexity index is 1330. The Labute approximate surface area is 213 Å². The highest BCUT2D eigenvalue weighted by atomic mass is 32.1. The van der Waals surface area contributed by atoms with Crippen LogP contribution in [-0.2, 0) is 9.47 Å². The number of nitrogens with one attached hydrogen (secondary N) is 1. The molecule has 1 aliphatic heterocycles. The van der Waals surface area contributed by atoms with E-state index in [1.165, 1.54) is 7.11 Å². The number of anilines is 1. The maximum Gasteiger partial charge on any atom is 0.410 e. The number of imidazole rings is 1. The smallest absolute Gasteiger partial charge is 0.410 e. The molecule has 1 N–H and O–H groups in total. The van der Waals surface area contributed by atoms with E-state index in [-0.39, 0.29) is 23.5 Å². The van der Waals surface area contributed by atoms with Gasteiger partial charge in [-0.3, -0.25) is 10.1 Å². The number of ether oxygens (including phenoxy) is 2.